The normalized spacial score (nSPS) is 10.8. The molecule has 142 valence electrons. The zero-order valence-corrected chi connectivity index (χ0v) is 15.6. The van der Waals surface area contributed by atoms with Crippen molar-refractivity contribution in [3.8, 4) is 17.0 Å². The number of rotatable bonds is 5. The molecule has 1 aromatic carbocycles. The van der Waals surface area contributed by atoms with Crippen molar-refractivity contribution < 1.29 is 14.3 Å². The van der Waals surface area contributed by atoms with Gasteiger partial charge in [-0.15, -0.1) is 11.3 Å². The van der Waals surface area contributed by atoms with Crippen molar-refractivity contribution in [2.24, 2.45) is 0 Å². The van der Waals surface area contributed by atoms with E-state index < -0.39 is 5.91 Å². The Kier molecular flexibility index (Phi) is 4.77. The highest BCUT2D eigenvalue weighted by Crippen LogP contribution is 2.21. The van der Waals surface area contributed by atoms with Crippen molar-refractivity contribution in [1.29, 1.82) is 0 Å². The van der Waals surface area contributed by atoms with E-state index in [1.807, 2.05) is 40.2 Å². The molecule has 0 radical (unpaired) electrons. The Morgan fingerprint density at radius 1 is 1.25 bits per heavy atom. The predicted molar refractivity (Wildman–Crippen MR) is 103 cm³/mol. The summed E-state index contributed by atoms with van der Waals surface area (Å²) in [7, 11) is 1.59. The molecule has 2 amide bonds. The zero-order valence-electron chi connectivity index (χ0n) is 14.8. The molecule has 9 nitrogen and oxygen atoms in total. The fourth-order valence-electron chi connectivity index (χ4n) is 2.61. The number of hydrogen-bond acceptors (Lipinski definition) is 6. The number of carbonyl (C=O) groups excluding carboxylic acids is 2. The number of H-pyrrole nitrogens is 1. The van der Waals surface area contributed by atoms with E-state index in [-0.39, 0.29) is 18.0 Å². The van der Waals surface area contributed by atoms with Gasteiger partial charge in [-0.25, -0.2) is 4.98 Å². The molecule has 0 aliphatic carbocycles. The van der Waals surface area contributed by atoms with Crippen LogP contribution in [0.5, 0.6) is 5.75 Å². The fourth-order valence-corrected chi connectivity index (χ4v) is 3.33. The van der Waals surface area contributed by atoms with Gasteiger partial charge in [-0.05, 0) is 30.3 Å². The molecule has 4 rings (SSSR count). The molecule has 10 heteroatoms. The Hall–Kier alpha value is -3.66. The van der Waals surface area contributed by atoms with Crippen LogP contribution in [0.25, 0.3) is 16.2 Å². The summed E-state index contributed by atoms with van der Waals surface area (Å²) in [6.45, 7) is 0. The molecule has 0 unspecified atom stereocenters. The molecule has 0 saturated carbocycles. The molecule has 0 bridgehead atoms. The summed E-state index contributed by atoms with van der Waals surface area (Å²) in [5.74, 6) is -0.127. The van der Waals surface area contributed by atoms with Gasteiger partial charge in [-0.1, -0.05) is 0 Å². The van der Waals surface area contributed by atoms with Crippen LogP contribution in [-0.2, 0) is 11.2 Å². The summed E-state index contributed by atoms with van der Waals surface area (Å²) in [4.78, 5) is 29.4. The second-order valence-electron chi connectivity index (χ2n) is 5.90. The summed E-state index contributed by atoms with van der Waals surface area (Å²) in [5.41, 5.74) is 7.05. The third-order valence-electron chi connectivity index (χ3n) is 4.01. The van der Waals surface area contributed by atoms with Crippen LogP contribution in [0, 0.1) is 0 Å². The molecule has 3 aromatic heterocycles. The number of benzene rings is 1. The standard InChI is InChI=1S/C18H16N6O3S/c1-27-13-4-2-11(3-5-13)14-9-15(21-20-14)17(26)23-22-16(25)8-12-10-24-6-7-28-18(24)19-12/h2-7,9-10H,8H2,1H3,(H,20,21)(H,22,25)(H,23,26). The van der Waals surface area contributed by atoms with Gasteiger partial charge in [0.2, 0.25) is 5.91 Å². The highest BCUT2D eigenvalue weighted by atomic mass is 32.1. The maximum absolute atomic E-state index is 12.2. The number of nitrogens with zero attached hydrogens (tertiary/aromatic N) is 3. The molecule has 3 heterocycles. The number of ether oxygens (including phenoxy) is 1. The van der Waals surface area contributed by atoms with E-state index in [0.717, 1.165) is 16.3 Å². The van der Waals surface area contributed by atoms with Crippen LogP contribution in [-0.4, -0.2) is 38.5 Å². The highest BCUT2D eigenvalue weighted by Gasteiger charge is 2.13. The molecule has 0 atom stereocenters. The van der Waals surface area contributed by atoms with Gasteiger partial charge in [-0.3, -0.25) is 29.9 Å². The third kappa shape index (κ3) is 3.71. The smallest absolute Gasteiger partial charge is 0.287 e. The number of carbonyl (C=O) groups is 2. The van der Waals surface area contributed by atoms with Crippen LogP contribution >= 0.6 is 11.3 Å². The van der Waals surface area contributed by atoms with Crippen molar-refractivity contribution in [1.82, 2.24) is 30.4 Å². The molecule has 0 fully saturated rings. The maximum Gasteiger partial charge on any atom is 0.287 e. The molecule has 4 aromatic rings. The summed E-state index contributed by atoms with van der Waals surface area (Å²) < 4.78 is 6.96. The van der Waals surface area contributed by atoms with Crippen molar-refractivity contribution in [3.05, 3.63) is 59.5 Å². The van der Waals surface area contributed by atoms with Gasteiger partial charge in [0.05, 0.1) is 24.9 Å². The van der Waals surface area contributed by atoms with Crippen LogP contribution in [0.2, 0.25) is 0 Å². The van der Waals surface area contributed by atoms with Gasteiger partial charge >= 0.3 is 0 Å². The van der Waals surface area contributed by atoms with Crippen LogP contribution in [0.4, 0.5) is 0 Å². The summed E-state index contributed by atoms with van der Waals surface area (Å²) >= 11 is 1.49. The fraction of sp³-hybridized carbons (Fsp3) is 0.111. The van der Waals surface area contributed by atoms with Gasteiger partial charge in [0.1, 0.15) is 11.4 Å². The van der Waals surface area contributed by atoms with E-state index >= 15 is 0 Å². The van der Waals surface area contributed by atoms with Crippen LogP contribution in [0.15, 0.2) is 48.1 Å². The number of hydrogen-bond donors (Lipinski definition) is 3. The first-order valence-electron chi connectivity index (χ1n) is 8.32. The Labute approximate surface area is 163 Å². The summed E-state index contributed by atoms with van der Waals surface area (Å²) in [6, 6.07) is 8.91. The average Bonchev–Trinajstić information content (AvgIpc) is 3.42. The Bertz CT molecular complexity index is 1100. The van der Waals surface area contributed by atoms with Gasteiger partial charge in [0.15, 0.2) is 4.96 Å². The number of imidazole rings is 1. The second-order valence-corrected chi connectivity index (χ2v) is 6.77. The van der Waals surface area contributed by atoms with Gasteiger partial charge < -0.3 is 4.74 Å². The van der Waals surface area contributed by atoms with Crippen LogP contribution in [0.3, 0.4) is 0 Å². The van der Waals surface area contributed by atoms with E-state index in [0.29, 0.717) is 11.4 Å². The quantitative estimate of drug-likeness (QED) is 0.445. The van der Waals surface area contributed by atoms with E-state index in [1.165, 1.54) is 11.3 Å². The minimum Gasteiger partial charge on any atom is -0.497 e. The number of thiazole rings is 1. The zero-order chi connectivity index (χ0) is 19.5. The van der Waals surface area contributed by atoms with E-state index in [4.69, 9.17) is 4.74 Å². The predicted octanol–water partition coefficient (Wildman–Crippen LogP) is 1.80. The van der Waals surface area contributed by atoms with Crippen molar-refractivity contribution in [2.45, 2.75) is 6.42 Å². The van der Waals surface area contributed by atoms with E-state index in [2.05, 4.69) is 26.0 Å². The SMILES string of the molecule is COc1ccc(-c2cc(C(=O)NNC(=O)Cc3cn4ccsc4n3)[nH]n2)cc1. The van der Waals surface area contributed by atoms with Crippen molar-refractivity contribution in [3.63, 3.8) is 0 Å². The van der Waals surface area contributed by atoms with Gasteiger partial charge in [0, 0.05) is 23.3 Å². The molecule has 28 heavy (non-hydrogen) atoms. The Balaban J connectivity index is 1.33. The first-order chi connectivity index (χ1) is 13.6. The molecule has 0 saturated heterocycles. The van der Waals surface area contributed by atoms with Gasteiger partial charge in [0.25, 0.3) is 5.91 Å². The molecular weight excluding hydrogens is 380 g/mol. The minimum absolute atomic E-state index is 0.0642. The van der Waals surface area contributed by atoms with Gasteiger partial charge in [-0.2, -0.15) is 5.10 Å². The average molecular weight is 396 g/mol. The lowest BCUT2D eigenvalue weighted by Crippen LogP contribution is -2.42. The first-order valence-corrected chi connectivity index (χ1v) is 9.20. The summed E-state index contributed by atoms with van der Waals surface area (Å²) in [6.07, 6.45) is 3.72. The largest absolute Gasteiger partial charge is 0.497 e. The lowest BCUT2D eigenvalue weighted by Gasteiger charge is -2.04. The lowest BCUT2D eigenvalue weighted by molar-refractivity contribution is -0.121. The number of aromatic nitrogens is 4. The minimum atomic E-state index is -0.494. The molecule has 0 aliphatic heterocycles. The number of nitrogens with one attached hydrogen (secondary N) is 3. The van der Waals surface area contributed by atoms with Crippen molar-refractivity contribution >= 4 is 28.1 Å². The monoisotopic (exact) mass is 396 g/mol. The lowest BCUT2D eigenvalue weighted by atomic mass is 10.1. The van der Waals surface area contributed by atoms with E-state index in [9.17, 15) is 9.59 Å². The van der Waals surface area contributed by atoms with E-state index in [1.54, 1.807) is 19.4 Å². The molecule has 0 aliphatic rings. The second kappa shape index (κ2) is 7.53. The number of amides is 2. The first kappa shape index (κ1) is 17.7. The molecule has 3 N–H and O–H groups in total. The Morgan fingerprint density at radius 2 is 2.07 bits per heavy atom. The van der Waals surface area contributed by atoms with Crippen molar-refractivity contribution in [2.75, 3.05) is 7.11 Å². The summed E-state index contributed by atoms with van der Waals surface area (Å²) in [5, 5.41) is 8.70. The number of hydrazine groups is 1. The molecule has 0 spiro atoms. The van der Waals surface area contributed by atoms with Crippen LogP contribution in [0.1, 0.15) is 16.2 Å². The number of fused-ring (bicyclic) bond motifs is 1. The number of aromatic amines is 1. The highest BCUT2D eigenvalue weighted by molar-refractivity contribution is 7.15. The molecular formula is C18H16N6O3S. The number of methoxy groups -OCH3 is 1. The van der Waals surface area contributed by atoms with Crippen LogP contribution < -0.4 is 15.6 Å². The third-order valence-corrected chi connectivity index (χ3v) is 4.78. The topological polar surface area (TPSA) is 113 Å². The Morgan fingerprint density at radius 3 is 2.82 bits per heavy atom. The maximum atomic E-state index is 12.2.